The van der Waals surface area contributed by atoms with E-state index in [1.807, 2.05) is 0 Å². The van der Waals surface area contributed by atoms with Crippen LogP contribution in [0.4, 0.5) is 18.9 Å². The van der Waals surface area contributed by atoms with Crippen LogP contribution in [0, 0.1) is 6.92 Å². The highest BCUT2D eigenvalue weighted by Crippen LogP contribution is 2.30. The number of hydrogen-bond donors (Lipinski definition) is 1. The van der Waals surface area contributed by atoms with E-state index in [0.717, 1.165) is 35.7 Å². The molecule has 0 radical (unpaired) electrons. The molecule has 1 fully saturated rings. The zero-order valence-electron chi connectivity index (χ0n) is 18.3. The van der Waals surface area contributed by atoms with E-state index in [4.69, 9.17) is 9.47 Å². The molecular formula is C24H22F3N3O4. The number of benzene rings is 2. The van der Waals surface area contributed by atoms with Crippen LogP contribution >= 0.6 is 0 Å². The number of carbonyl (C=O) groups excluding carboxylic acids is 1. The van der Waals surface area contributed by atoms with Crippen LogP contribution in [-0.2, 0) is 10.9 Å². The number of halogens is 3. The van der Waals surface area contributed by atoms with Crippen LogP contribution in [0.25, 0.3) is 5.69 Å². The lowest BCUT2D eigenvalue weighted by atomic mass is 10.2. The summed E-state index contributed by atoms with van der Waals surface area (Å²) in [4.78, 5) is 25.2. The number of amides is 1. The molecule has 1 aromatic heterocycles. The summed E-state index contributed by atoms with van der Waals surface area (Å²) in [5.41, 5.74) is -1.23. The number of ether oxygens (including phenoxy) is 2. The van der Waals surface area contributed by atoms with Crippen LogP contribution < -0.4 is 15.5 Å². The van der Waals surface area contributed by atoms with E-state index in [9.17, 15) is 22.8 Å². The largest absolute Gasteiger partial charge is 0.491 e. The molecule has 1 aliphatic rings. The molecule has 1 atom stereocenters. The third-order valence-electron chi connectivity index (χ3n) is 5.29. The minimum Gasteiger partial charge on any atom is -0.491 e. The Labute approximate surface area is 193 Å². The zero-order chi connectivity index (χ0) is 24.3. The summed E-state index contributed by atoms with van der Waals surface area (Å²) in [6.07, 6.45) is -2.59. The van der Waals surface area contributed by atoms with Crippen molar-refractivity contribution in [2.24, 2.45) is 0 Å². The maximum absolute atomic E-state index is 13.1. The first-order valence-electron chi connectivity index (χ1n) is 10.6. The molecule has 178 valence electrons. The van der Waals surface area contributed by atoms with E-state index >= 15 is 0 Å². The van der Waals surface area contributed by atoms with Gasteiger partial charge in [0.25, 0.3) is 5.91 Å². The lowest BCUT2D eigenvalue weighted by Crippen LogP contribution is -2.27. The number of hydrogen-bond acceptors (Lipinski definition) is 5. The zero-order valence-corrected chi connectivity index (χ0v) is 18.3. The summed E-state index contributed by atoms with van der Waals surface area (Å²) in [6.45, 7) is 2.62. The first-order valence-corrected chi connectivity index (χ1v) is 10.6. The standard InChI is InChI=1S/C24H22F3N3O4/c1-15-11-21(31)22(29-30(15)18-7-2-5-16(12-18)24(25,26)27)23(32)28-17-6-3-8-19(13-17)34-14-20-9-4-10-33-20/h2-3,5-8,11-13,20H,4,9-10,14H2,1H3,(H,28,32). The van der Waals surface area contributed by atoms with Gasteiger partial charge in [0.15, 0.2) is 5.69 Å². The Hall–Kier alpha value is -3.66. The SMILES string of the molecule is Cc1cc(=O)c(C(=O)Nc2cccc(OCC3CCCO3)c2)nn1-c1cccc(C(F)(F)F)c1. The Morgan fingerprint density at radius 2 is 2.00 bits per heavy atom. The van der Waals surface area contributed by atoms with Gasteiger partial charge in [-0.25, -0.2) is 4.68 Å². The third kappa shape index (κ3) is 5.45. The van der Waals surface area contributed by atoms with Gasteiger partial charge in [-0.05, 0) is 50.1 Å². The molecule has 0 saturated carbocycles. The minimum absolute atomic E-state index is 0.0318. The predicted molar refractivity (Wildman–Crippen MR) is 118 cm³/mol. The van der Waals surface area contributed by atoms with Crippen molar-refractivity contribution in [3.63, 3.8) is 0 Å². The normalized spacial score (nSPS) is 15.8. The highest BCUT2D eigenvalue weighted by atomic mass is 19.4. The molecule has 0 aliphatic carbocycles. The van der Waals surface area contributed by atoms with Gasteiger partial charge in [0, 0.05) is 30.1 Å². The van der Waals surface area contributed by atoms with E-state index in [-0.39, 0.29) is 17.5 Å². The molecule has 1 N–H and O–H groups in total. The fourth-order valence-electron chi connectivity index (χ4n) is 3.60. The molecular weight excluding hydrogens is 451 g/mol. The van der Waals surface area contributed by atoms with Crippen LogP contribution in [0.5, 0.6) is 5.75 Å². The molecule has 34 heavy (non-hydrogen) atoms. The Balaban J connectivity index is 1.55. The van der Waals surface area contributed by atoms with Gasteiger partial charge in [-0.15, -0.1) is 0 Å². The Morgan fingerprint density at radius 3 is 2.74 bits per heavy atom. The minimum atomic E-state index is -4.54. The first kappa shape index (κ1) is 23.5. The topological polar surface area (TPSA) is 82.5 Å². The number of anilines is 1. The third-order valence-corrected chi connectivity index (χ3v) is 5.29. The van der Waals surface area contributed by atoms with E-state index < -0.39 is 28.8 Å². The highest BCUT2D eigenvalue weighted by Gasteiger charge is 2.30. The molecule has 10 heteroatoms. The number of nitrogens with one attached hydrogen (secondary N) is 1. The number of aryl methyl sites for hydroxylation is 1. The molecule has 3 aromatic rings. The van der Waals surface area contributed by atoms with Gasteiger partial charge in [0.1, 0.15) is 12.4 Å². The van der Waals surface area contributed by atoms with Crippen molar-refractivity contribution in [2.45, 2.75) is 32.0 Å². The van der Waals surface area contributed by atoms with Crippen molar-refractivity contribution < 1.29 is 27.4 Å². The fraction of sp³-hybridized carbons (Fsp3) is 0.292. The van der Waals surface area contributed by atoms with Crippen molar-refractivity contribution in [1.29, 1.82) is 0 Å². The van der Waals surface area contributed by atoms with E-state index in [1.54, 1.807) is 24.3 Å². The summed E-state index contributed by atoms with van der Waals surface area (Å²) >= 11 is 0. The van der Waals surface area contributed by atoms with E-state index in [0.29, 0.717) is 24.7 Å². The van der Waals surface area contributed by atoms with Gasteiger partial charge >= 0.3 is 6.18 Å². The number of rotatable bonds is 6. The molecule has 7 nitrogen and oxygen atoms in total. The fourth-order valence-corrected chi connectivity index (χ4v) is 3.60. The number of carbonyl (C=O) groups is 1. The van der Waals surface area contributed by atoms with Crippen LogP contribution in [0.3, 0.4) is 0 Å². The number of alkyl halides is 3. The molecule has 1 amide bonds. The summed E-state index contributed by atoms with van der Waals surface area (Å²) in [5.74, 6) is -0.270. The number of nitrogens with zero attached hydrogens (tertiary/aromatic N) is 2. The first-order chi connectivity index (χ1) is 16.2. The van der Waals surface area contributed by atoms with Gasteiger partial charge < -0.3 is 14.8 Å². The number of aromatic nitrogens is 2. The second-order valence-corrected chi connectivity index (χ2v) is 7.89. The molecule has 4 rings (SSSR count). The lowest BCUT2D eigenvalue weighted by molar-refractivity contribution is -0.137. The summed E-state index contributed by atoms with van der Waals surface area (Å²) < 4.78 is 51.7. The van der Waals surface area contributed by atoms with Crippen LogP contribution in [0.15, 0.2) is 59.4 Å². The summed E-state index contributed by atoms with van der Waals surface area (Å²) in [7, 11) is 0. The van der Waals surface area contributed by atoms with Gasteiger partial charge in [-0.3, -0.25) is 9.59 Å². The lowest BCUT2D eigenvalue weighted by Gasteiger charge is -2.14. The predicted octanol–water partition coefficient (Wildman–Crippen LogP) is 4.37. The maximum Gasteiger partial charge on any atom is 0.416 e. The smallest absolute Gasteiger partial charge is 0.416 e. The van der Waals surface area contributed by atoms with Gasteiger partial charge in [-0.2, -0.15) is 18.3 Å². The molecule has 1 saturated heterocycles. The molecule has 0 bridgehead atoms. The highest BCUT2D eigenvalue weighted by molar-refractivity contribution is 6.02. The molecule has 2 heterocycles. The Morgan fingerprint density at radius 1 is 1.21 bits per heavy atom. The van der Waals surface area contributed by atoms with Gasteiger partial charge in [0.2, 0.25) is 5.43 Å². The van der Waals surface area contributed by atoms with Crippen molar-refractivity contribution in [1.82, 2.24) is 9.78 Å². The average Bonchev–Trinajstić information content (AvgIpc) is 3.31. The van der Waals surface area contributed by atoms with Crippen molar-refractivity contribution in [3.8, 4) is 11.4 Å². The molecule has 0 spiro atoms. The van der Waals surface area contributed by atoms with E-state index in [1.165, 1.54) is 19.1 Å². The second-order valence-electron chi connectivity index (χ2n) is 7.89. The average molecular weight is 473 g/mol. The van der Waals surface area contributed by atoms with Crippen LogP contribution in [0.1, 0.15) is 34.6 Å². The van der Waals surface area contributed by atoms with E-state index in [2.05, 4.69) is 10.4 Å². The molecule has 2 aromatic carbocycles. The monoisotopic (exact) mass is 473 g/mol. The quantitative estimate of drug-likeness (QED) is 0.575. The van der Waals surface area contributed by atoms with Gasteiger partial charge in [-0.1, -0.05) is 12.1 Å². The molecule has 1 unspecified atom stereocenters. The Bertz CT molecular complexity index is 1250. The van der Waals surface area contributed by atoms with Crippen molar-refractivity contribution in [2.75, 3.05) is 18.5 Å². The Kier molecular flexibility index (Phi) is 6.69. The summed E-state index contributed by atoms with van der Waals surface area (Å²) in [5, 5.41) is 6.64. The van der Waals surface area contributed by atoms with Crippen molar-refractivity contribution >= 4 is 11.6 Å². The van der Waals surface area contributed by atoms with Gasteiger partial charge in [0.05, 0.1) is 17.4 Å². The van der Waals surface area contributed by atoms with Crippen LogP contribution in [-0.4, -0.2) is 35.0 Å². The maximum atomic E-state index is 13.1. The second kappa shape index (κ2) is 9.68. The van der Waals surface area contributed by atoms with Crippen molar-refractivity contribution in [3.05, 3.63) is 81.8 Å². The molecule has 1 aliphatic heterocycles. The van der Waals surface area contributed by atoms with Crippen LogP contribution in [0.2, 0.25) is 0 Å². The summed E-state index contributed by atoms with van der Waals surface area (Å²) in [6, 6.07) is 12.3.